The van der Waals surface area contributed by atoms with E-state index in [0.717, 1.165) is 11.3 Å². The molecule has 106 valence electrons. The van der Waals surface area contributed by atoms with Gasteiger partial charge in [0.1, 0.15) is 0 Å². The molecule has 0 saturated heterocycles. The van der Waals surface area contributed by atoms with Gasteiger partial charge in [0.2, 0.25) is 5.91 Å². The first-order valence-electron chi connectivity index (χ1n) is 6.80. The third kappa shape index (κ3) is 4.18. The molecule has 1 heterocycles. The lowest BCUT2D eigenvalue weighted by atomic mass is 10.1. The summed E-state index contributed by atoms with van der Waals surface area (Å²) in [5.41, 5.74) is 7.17. The third-order valence-corrected chi connectivity index (χ3v) is 4.31. The van der Waals surface area contributed by atoms with Crippen molar-refractivity contribution in [1.29, 1.82) is 0 Å². The predicted molar refractivity (Wildman–Crippen MR) is 83.6 cm³/mol. The van der Waals surface area contributed by atoms with Crippen LogP contribution < -0.4 is 11.1 Å². The highest BCUT2D eigenvalue weighted by Crippen LogP contribution is 2.18. The number of carbonyl (C=O) groups is 1. The van der Waals surface area contributed by atoms with Crippen molar-refractivity contribution in [1.82, 2.24) is 5.32 Å². The highest BCUT2D eigenvalue weighted by molar-refractivity contribution is 7.10. The van der Waals surface area contributed by atoms with Gasteiger partial charge in [-0.1, -0.05) is 36.4 Å². The molecule has 2 rings (SSSR count). The molecule has 1 unspecified atom stereocenters. The molecule has 1 aromatic carbocycles. The second kappa shape index (κ2) is 7.22. The fraction of sp³-hybridized carbons (Fsp3) is 0.312. The molecule has 2 aromatic rings. The zero-order valence-electron chi connectivity index (χ0n) is 11.6. The number of aryl methyl sites for hydroxylation is 1. The highest BCUT2D eigenvalue weighted by Gasteiger charge is 2.16. The average molecular weight is 288 g/mol. The van der Waals surface area contributed by atoms with E-state index in [9.17, 15) is 4.79 Å². The Morgan fingerprint density at radius 1 is 1.25 bits per heavy atom. The topological polar surface area (TPSA) is 55.1 Å². The second-order valence-electron chi connectivity index (χ2n) is 4.88. The molecule has 1 amide bonds. The van der Waals surface area contributed by atoms with E-state index in [2.05, 4.69) is 17.4 Å². The van der Waals surface area contributed by atoms with Crippen LogP contribution in [0.25, 0.3) is 0 Å². The van der Waals surface area contributed by atoms with Crippen LogP contribution in [0.5, 0.6) is 0 Å². The summed E-state index contributed by atoms with van der Waals surface area (Å²) in [6.45, 7) is 1.98. The van der Waals surface area contributed by atoms with Crippen LogP contribution >= 0.6 is 11.3 Å². The molecular formula is C16H20N2OS. The number of nitrogens with one attached hydrogen (secondary N) is 1. The molecule has 0 spiro atoms. The monoisotopic (exact) mass is 288 g/mol. The maximum atomic E-state index is 12.0. The fourth-order valence-electron chi connectivity index (χ4n) is 2.03. The number of amides is 1. The van der Waals surface area contributed by atoms with E-state index in [1.165, 1.54) is 5.56 Å². The summed E-state index contributed by atoms with van der Waals surface area (Å²) < 4.78 is 0. The summed E-state index contributed by atoms with van der Waals surface area (Å²) in [5, 5.41) is 4.97. The molecule has 3 nitrogen and oxygen atoms in total. The Hall–Kier alpha value is -1.65. The van der Waals surface area contributed by atoms with Crippen molar-refractivity contribution < 1.29 is 4.79 Å². The van der Waals surface area contributed by atoms with E-state index in [1.54, 1.807) is 11.3 Å². The highest BCUT2D eigenvalue weighted by atomic mass is 32.1. The molecule has 2 atom stereocenters. The Labute approximate surface area is 123 Å². The Morgan fingerprint density at radius 2 is 2.00 bits per heavy atom. The molecule has 0 aliphatic carbocycles. The van der Waals surface area contributed by atoms with Crippen LogP contribution in [0.2, 0.25) is 0 Å². The lowest BCUT2D eigenvalue weighted by molar-refractivity contribution is -0.123. The van der Waals surface area contributed by atoms with Gasteiger partial charge in [-0.05, 0) is 36.8 Å². The molecule has 4 heteroatoms. The van der Waals surface area contributed by atoms with Crippen LogP contribution in [0.3, 0.4) is 0 Å². The molecule has 1 aromatic heterocycles. The van der Waals surface area contributed by atoms with Gasteiger partial charge in [0, 0.05) is 4.88 Å². The Kier molecular flexibility index (Phi) is 5.32. The van der Waals surface area contributed by atoms with Crippen LogP contribution in [-0.4, -0.2) is 11.9 Å². The van der Waals surface area contributed by atoms with Gasteiger partial charge in [0.25, 0.3) is 0 Å². The molecule has 0 bridgehead atoms. The number of hydrogen-bond donors (Lipinski definition) is 2. The van der Waals surface area contributed by atoms with Gasteiger partial charge >= 0.3 is 0 Å². The summed E-state index contributed by atoms with van der Waals surface area (Å²) in [5.74, 6) is -0.0816. The Bertz CT molecular complexity index is 525. The molecular weight excluding hydrogens is 268 g/mol. The van der Waals surface area contributed by atoms with E-state index in [1.807, 2.05) is 42.6 Å². The van der Waals surface area contributed by atoms with E-state index in [-0.39, 0.29) is 11.9 Å². The predicted octanol–water partition coefficient (Wildman–Crippen LogP) is 2.89. The zero-order valence-corrected chi connectivity index (χ0v) is 12.4. The summed E-state index contributed by atoms with van der Waals surface area (Å²) in [6, 6.07) is 13.7. The van der Waals surface area contributed by atoms with Crippen molar-refractivity contribution in [3.05, 3.63) is 58.3 Å². The smallest absolute Gasteiger partial charge is 0.237 e. The van der Waals surface area contributed by atoms with Gasteiger partial charge < -0.3 is 11.1 Å². The SMILES string of the molecule is C[C@H](NC(=O)C(N)CCc1ccccc1)c1cccs1. The molecule has 0 aliphatic rings. The normalized spacial score (nSPS) is 13.7. The van der Waals surface area contributed by atoms with Gasteiger partial charge in [-0.2, -0.15) is 0 Å². The lowest BCUT2D eigenvalue weighted by Crippen LogP contribution is -2.41. The van der Waals surface area contributed by atoms with E-state index >= 15 is 0 Å². The molecule has 0 aliphatic heterocycles. The lowest BCUT2D eigenvalue weighted by Gasteiger charge is -2.16. The van der Waals surface area contributed by atoms with Crippen molar-refractivity contribution >= 4 is 17.2 Å². The van der Waals surface area contributed by atoms with Crippen molar-refractivity contribution in [3.63, 3.8) is 0 Å². The molecule has 0 saturated carbocycles. The minimum Gasteiger partial charge on any atom is -0.347 e. The minimum atomic E-state index is -0.461. The Morgan fingerprint density at radius 3 is 2.65 bits per heavy atom. The van der Waals surface area contributed by atoms with Crippen molar-refractivity contribution in [2.24, 2.45) is 5.73 Å². The zero-order chi connectivity index (χ0) is 14.4. The molecule has 20 heavy (non-hydrogen) atoms. The largest absolute Gasteiger partial charge is 0.347 e. The summed E-state index contributed by atoms with van der Waals surface area (Å²) >= 11 is 1.64. The number of benzene rings is 1. The van der Waals surface area contributed by atoms with Gasteiger partial charge in [0.15, 0.2) is 0 Å². The van der Waals surface area contributed by atoms with E-state index in [4.69, 9.17) is 5.73 Å². The first-order valence-corrected chi connectivity index (χ1v) is 7.68. The van der Waals surface area contributed by atoms with Crippen molar-refractivity contribution in [3.8, 4) is 0 Å². The van der Waals surface area contributed by atoms with Crippen LogP contribution in [0.1, 0.15) is 29.8 Å². The van der Waals surface area contributed by atoms with E-state index < -0.39 is 6.04 Å². The summed E-state index contributed by atoms with van der Waals surface area (Å²) in [7, 11) is 0. The number of rotatable bonds is 6. The summed E-state index contributed by atoms with van der Waals surface area (Å²) in [6.07, 6.45) is 1.48. The van der Waals surface area contributed by atoms with Crippen LogP contribution in [-0.2, 0) is 11.2 Å². The summed E-state index contributed by atoms with van der Waals surface area (Å²) in [4.78, 5) is 13.2. The third-order valence-electron chi connectivity index (χ3n) is 3.25. The standard InChI is InChI=1S/C16H20N2OS/c1-12(15-8-5-11-20-15)18-16(19)14(17)10-9-13-6-3-2-4-7-13/h2-8,11-12,14H,9-10,17H2,1H3,(H,18,19)/t12-,14?/m0/s1. The molecule has 0 radical (unpaired) electrons. The number of nitrogens with two attached hydrogens (primary N) is 1. The molecule has 0 fully saturated rings. The van der Waals surface area contributed by atoms with Gasteiger partial charge in [-0.15, -0.1) is 11.3 Å². The van der Waals surface area contributed by atoms with E-state index in [0.29, 0.717) is 6.42 Å². The average Bonchev–Trinajstić information content (AvgIpc) is 3.00. The Balaban J connectivity index is 1.80. The quantitative estimate of drug-likeness (QED) is 0.858. The van der Waals surface area contributed by atoms with Crippen LogP contribution in [0, 0.1) is 0 Å². The van der Waals surface area contributed by atoms with Gasteiger partial charge in [-0.25, -0.2) is 0 Å². The number of thiophene rings is 1. The number of hydrogen-bond acceptors (Lipinski definition) is 3. The first-order chi connectivity index (χ1) is 9.66. The van der Waals surface area contributed by atoms with Crippen molar-refractivity contribution in [2.45, 2.75) is 31.8 Å². The maximum Gasteiger partial charge on any atom is 0.237 e. The second-order valence-corrected chi connectivity index (χ2v) is 5.86. The van der Waals surface area contributed by atoms with Crippen LogP contribution in [0.4, 0.5) is 0 Å². The van der Waals surface area contributed by atoms with Gasteiger partial charge in [-0.3, -0.25) is 4.79 Å². The fourth-order valence-corrected chi connectivity index (χ4v) is 2.76. The van der Waals surface area contributed by atoms with Crippen LogP contribution in [0.15, 0.2) is 47.8 Å². The van der Waals surface area contributed by atoms with Crippen molar-refractivity contribution in [2.75, 3.05) is 0 Å². The minimum absolute atomic E-state index is 0.0188. The first kappa shape index (κ1) is 14.8. The number of carbonyl (C=O) groups excluding carboxylic acids is 1. The molecule has 3 N–H and O–H groups in total. The maximum absolute atomic E-state index is 12.0. The van der Waals surface area contributed by atoms with Gasteiger partial charge in [0.05, 0.1) is 12.1 Å².